The number of aromatic hydroxyl groups is 1. The number of nitrogens with zero attached hydrogens (tertiary/aromatic N) is 3. The molecule has 0 saturated carbocycles. The van der Waals surface area contributed by atoms with Gasteiger partial charge >= 0.3 is 0 Å². The van der Waals surface area contributed by atoms with Crippen LogP contribution < -0.4 is 11.0 Å². The Morgan fingerprint density at radius 1 is 1.08 bits per heavy atom. The standard InChI is InChI=1S/C25H20N4O7S2/c1-14-26-20-11-10-17(38(34,35)36)12-19(20)24(33)28(14)16-8-6-15(7-9-16)23(32)27-29-22(31)13-37-25(29)18-4-2-3-5-21(18)30/h2-12,25,30H,13H2,1H3,(H,27,32)(H,34,35,36)/t25-/m1/s1. The first kappa shape index (κ1) is 25.4. The van der Waals surface area contributed by atoms with Gasteiger partial charge in [-0.3, -0.25) is 28.9 Å². The zero-order chi connectivity index (χ0) is 27.2. The number of fused-ring (bicyclic) bond motifs is 1. The second-order valence-electron chi connectivity index (χ2n) is 8.43. The number of hydrogen-bond acceptors (Lipinski definition) is 8. The van der Waals surface area contributed by atoms with Gasteiger partial charge in [0.15, 0.2) is 0 Å². The molecule has 1 fully saturated rings. The first-order valence-electron chi connectivity index (χ1n) is 11.2. The Hall–Kier alpha value is -4.20. The van der Waals surface area contributed by atoms with E-state index < -0.39 is 31.9 Å². The fourth-order valence-electron chi connectivity index (χ4n) is 4.15. The van der Waals surface area contributed by atoms with Crippen LogP contribution in [0.15, 0.2) is 76.4 Å². The van der Waals surface area contributed by atoms with E-state index >= 15 is 0 Å². The van der Waals surface area contributed by atoms with Crippen LogP contribution in [0.25, 0.3) is 16.6 Å². The van der Waals surface area contributed by atoms with Crippen molar-refractivity contribution in [1.82, 2.24) is 20.0 Å². The van der Waals surface area contributed by atoms with Gasteiger partial charge in [0.25, 0.3) is 27.5 Å². The van der Waals surface area contributed by atoms with Crippen LogP contribution in [-0.2, 0) is 14.9 Å². The van der Waals surface area contributed by atoms with Crippen LogP contribution in [0.2, 0.25) is 0 Å². The van der Waals surface area contributed by atoms with E-state index in [1.165, 1.54) is 57.7 Å². The number of aromatic nitrogens is 2. The molecule has 5 rings (SSSR count). The maximum Gasteiger partial charge on any atom is 0.294 e. The Bertz CT molecular complexity index is 1770. The van der Waals surface area contributed by atoms with Gasteiger partial charge in [-0.05, 0) is 55.5 Å². The van der Waals surface area contributed by atoms with Crippen molar-refractivity contribution in [3.63, 3.8) is 0 Å². The van der Waals surface area contributed by atoms with Crippen molar-refractivity contribution < 1.29 is 27.7 Å². The molecule has 0 radical (unpaired) electrons. The van der Waals surface area contributed by atoms with Crippen molar-refractivity contribution in [2.75, 3.05) is 5.75 Å². The number of phenolic OH excluding ortho intramolecular Hbond substituents is 1. The van der Waals surface area contributed by atoms with Gasteiger partial charge in [-0.2, -0.15) is 8.42 Å². The molecule has 38 heavy (non-hydrogen) atoms. The van der Waals surface area contributed by atoms with Gasteiger partial charge in [-0.25, -0.2) is 9.99 Å². The number of rotatable bonds is 5. The van der Waals surface area contributed by atoms with Crippen LogP contribution in [0.3, 0.4) is 0 Å². The molecule has 1 aliphatic heterocycles. The number of phenols is 1. The van der Waals surface area contributed by atoms with Crippen molar-refractivity contribution in [2.45, 2.75) is 17.2 Å². The van der Waals surface area contributed by atoms with E-state index in [9.17, 15) is 32.5 Å². The third kappa shape index (κ3) is 4.62. The quantitative estimate of drug-likeness (QED) is 0.316. The van der Waals surface area contributed by atoms with Gasteiger partial charge in [0.2, 0.25) is 0 Å². The maximum atomic E-state index is 13.2. The van der Waals surface area contributed by atoms with E-state index in [4.69, 9.17) is 0 Å². The van der Waals surface area contributed by atoms with Gasteiger partial charge in [-0.15, -0.1) is 11.8 Å². The molecule has 11 nitrogen and oxygen atoms in total. The Balaban J connectivity index is 1.43. The van der Waals surface area contributed by atoms with Crippen LogP contribution in [0.4, 0.5) is 0 Å². The number of benzene rings is 3. The predicted octanol–water partition coefficient (Wildman–Crippen LogP) is 2.57. The van der Waals surface area contributed by atoms with Crippen LogP contribution in [0.5, 0.6) is 5.75 Å². The number of hydrazine groups is 1. The van der Waals surface area contributed by atoms with E-state index in [1.54, 1.807) is 25.1 Å². The minimum atomic E-state index is -4.52. The first-order valence-corrected chi connectivity index (χ1v) is 13.7. The first-order chi connectivity index (χ1) is 18.0. The number of nitrogens with one attached hydrogen (secondary N) is 1. The zero-order valence-corrected chi connectivity index (χ0v) is 21.4. The van der Waals surface area contributed by atoms with Crippen molar-refractivity contribution in [3.8, 4) is 11.4 Å². The Morgan fingerprint density at radius 2 is 1.79 bits per heavy atom. The summed E-state index contributed by atoms with van der Waals surface area (Å²) in [4.78, 5) is 42.6. The molecule has 13 heteroatoms. The van der Waals surface area contributed by atoms with Gasteiger partial charge in [0.1, 0.15) is 16.9 Å². The Morgan fingerprint density at radius 3 is 2.47 bits per heavy atom. The SMILES string of the molecule is Cc1nc2ccc(S(=O)(=O)O)cc2c(=O)n1-c1ccc(C(=O)NN2C(=O)CS[C@@H]2c2ccccc2O)cc1. The summed E-state index contributed by atoms with van der Waals surface area (Å²) >= 11 is 1.27. The lowest BCUT2D eigenvalue weighted by atomic mass is 10.1. The number of hydrogen-bond donors (Lipinski definition) is 3. The largest absolute Gasteiger partial charge is 0.508 e. The molecular formula is C25H20N4O7S2. The highest BCUT2D eigenvalue weighted by molar-refractivity contribution is 8.00. The molecule has 3 N–H and O–H groups in total. The Labute approximate surface area is 220 Å². The second kappa shape index (κ2) is 9.59. The summed E-state index contributed by atoms with van der Waals surface area (Å²) in [5, 5.41) is 10.8. The fraction of sp³-hybridized carbons (Fsp3) is 0.120. The lowest BCUT2D eigenvalue weighted by molar-refractivity contribution is -0.130. The molecule has 1 aromatic heterocycles. The molecule has 2 heterocycles. The number of carbonyl (C=O) groups is 2. The molecule has 1 saturated heterocycles. The molecule has 0 bridgehead atoms. The maximum absolute atomic E-state index is 13.2. The van der Waals surface area contributed by atoms with Gasteiger partial charge < -0.3 is 5.11 Å². The zero-order valence-electron chi connectivity index (χ0n) is 19.7. The fourth-order valence-corrected chi connectivity index (χ4v) is 5.79. The summed E-state index contributed by atoms with van der Waals surface area (Å²) in [6, 6.07) is 16.1. The highest BCUT2D eigenvalue weighted by atomic mass is 32.2. The molecule has 1 aliphatic rings. The van der Waals surface area contributed by atoms with Gasteiger partial charge in [0, 0.05) is 11.1 Å². The van der Waals surface area contributed by atoms with Crippen molar-refractivity contribution in [2.24, 2.45) is 0 Å². The van der Waals surface area contributed by atoms with E-state index in [0.717, 1.165) is 12.1 Å². The normalized spacial score (nSPS) is 15.7. The van der Waals surface area contributed by atoms with E-state index in [2.05, 4.69) is 10.4 Å². The van der Waals surface area contributed by atoms with Crippen LogP contribution in [0.1, 0.15) is 27.1 Å². The average molecular weight is 553 g/mol. The number of carbonyl (C=O) groups excluding carboxylic acids is 2. The highest BCUT2D eigenvalue weighted by Gasteiger charge is 2.35. The Kier molecular flexibility index (Phi) is 6.42. The number of amides is 2. The molecule has 0 aliphatic carbocycles. The minimum Gasteiger partial charge on any atom is -0.508 e. The summed E-state index contributed by atoms with van der Waals surface area (Å²) in [5.74, 6) is -0.413. The molecule has 0 unspecified atom stereocenters. The van der Waals surface area contributed by atoms with Crippen LogP contribution in [-0.4, -0.2) is 50.2 Å². The smallest absolute Gasteiger partial charge is 0.294 e. The van der Waals surface area contributed by atoms with Gasteiger partial charge in [0.05, 0.1) is 27.2 Å². The number of aryl methyl sites for hydroxylation is 1. The average Bonchev–Trinajstić information content (AvgIpc) is 3.23. The van der Waals surface area contributed by atoms with Crippen LogP contribution in [0, 0.1) is 6.92 Å². The van der Waals surface area contributed by atoms with E-state index in [-0.39, 0.29) is 33.9 Å². The molecule has 3 aromatic carbocycles. The third-order valence-electron chi connectivity index (χ3n) is 5.99. The lowest BCUT2D eigenvalue weighted by Crippen LogP contribution is -2.44. The van der Waals surface area contributed by atoms with Crippen molar-refractivity contribution in [1.29, 1.82) is 0 Å². The molecule has 4 aromatic rings. The summed E-state index contributed by atoms with van der Waals surface area (Å²) in [6.07, 6.45) is 0. The summed E-state index contributed by atoms with van der Waals surface area (Å²) < 4.78 is 33.6. The predicted molar refractivity (Wildman–Crippen MR) is 140 cm³/mol. The topological polar surface area (TPSA) is 159 Å². The molecule has 0 spiro atoms. The second-order valence-corrected chi connectivity index (χ2v) is 10.9. The summed E-state index contributed by atoms with van der Waals surface area (Å²) in [7, 11) is -4.52. The summed E-state index contributed by atoms with van der Waals surface area (Å²) in [5.41, 5.74) is 3.38. The van der Waals surface area contributed by atoms with Gasteiger partial charge in [-0.1, -0.05) is 18.2 Å². The van der Waals surface area contributed by atoms with Crippen molar-refractivity contribution >= 4 is 44.6 Å². The number of thioether (sulfide) groups is 1. The van der Waals surface area contributed by atoms with Crippen molar-refractivity contribution in [3.05, 3.63) is 94.0 Å². The highest BCUT2D eigenvalue weighted by Crippen LogP contribution is 2.40. The monoisotopic (exact) mass is 552 g/mol. The molecule has 194 valence electrons. The summed E-state index contributed by atoms with van der Waals surface area (Å²) in [6.45, 7) is 1.61. The molecule has 2 amide bonds. The third-order valence-corrected chi connectivity index (χ3v) is 8.03. The van der Waals surface area contributed by atoms with Crippen LogP contribution >= 0.6 is 11.8 Å². The lowest BCUT2D eigenvalue weighted by Gasteiger charge is -2.25. The molecule has 1 atom stereocenters. The minimum absolute atomic E-state index is 0.00667. The molecular weight excluding hydrogens is 532 g/mol. The van der Waals surface area contributed by atoms with E-state index in [0.29, 0.717) is 17.1 Å². The van der Waals surface area contributed by atoms with E-state index in [1.807, 2.05) is 0 Å². The number of para-hydroxylation sites is 1.